The molecule has 1 aliphatic heterocycles. The van der Waals surface area contributed by atoms with E-state index in [0.29, 0.717) is 26.2 Å². The maximum atomic E-state index is 12.9. The maximum Gasteiger partial charge on any atom is 0.263 e. The molecule has 2 unspecified atom stereocenters. The van der Waals surface area contributed by atoms with Crippen molar-refractivity contribution in [2.45, 2.75) is 26.0 Å². The smallest absolute Gasteiger partial charge is 0.263 e. The van der Waals surface area contributed by atoms with Crippen LogP contribution in [0.25, 0.3) is 0 Å². The second-order valence-electron chi connectivity index (χ2n) is 7.35. The van der Waals surface area contributed by atoms with E-state index in [9.17, 15) is 9.59 Å². The summed E-state index contributed by atoms with van der Waals surface area (Å²) in [5.41, 5.74) is 1.83. The van der Waals surface area contributed by atoms with E-state index in [-0.39, 0.29) is 11.8 Å². The number of nitrogens with zero attached hydrogens (tertiary/aromatic N) is 4. The van der Waals surface area contributed by atoms with Crippen molar-refractivity contribution in [2.24, 2.45) is 7.05 Å². The van der Waals surface area contributed by atoms with Crippen molar-refractivity contribution in [3.05, 3.63) is 47.8 Å². The van der Waals surface area contributed by atoms with Crippen molar-refractivity contribution in [2.75, 3.05) is 33.2 Å². The molecule has 1 aliphatic rings. The van der Waals surface area contributed by atoms with E-state index in [0.717, 1.165) is 16.9 Å². The first-order valence-corrected chi connectivity index (χ1v) is 9.86. The van der Waals surface area contributed by atoms with Crippen LogP contribution >= 0.6 is 0 Å². The van der Waals surface area contributed by atoms with Gasteiger partial charge in [0, 0.05) is 45.0 Å². The minimum Gasteiger partial charge on any atom is -0.481 e. The molecule has 1 aromatic heterocycles. The molecule has 0 saturated carbocycles. The first kappa shape index (κ1) is 20.9. The van der Waals surface area contributed by atoms with E-state index < -0.39 is 12.1 Å². The zero-order chi connectivity index (χ0) is 21.0. The average Bonchev–Trinajstić information content (AvgIpc) is 3.15. The Morgan fingerprint density at radius 2 is 1.72 bits per heavy atom. The van der Waals surface area contributed by atoms with Crippen LogP contribution in [-0.4, -0.2) is 70.7 Å². The second kappa shape index (κ2) is 9.09. The summed E-state index contributed by atoms with van der Waals surface area (Å²) < 4.78 is 7.54. The number of hydrogen-bond acceptors (Lipinski definition) is 5. The molecule has 2 heterocycles. The quantitative estimate of drug-likeness (QED) is 0.788. The Morgan fingerprint density at radius 3 is 2.28 bits per heavy atom. The van der Waals surface area contributed by atoms with Gasteiger partial charge in [0.15, 0.2) is 6.10 Å². The molecule has 8 heteroatoms. The summed E-state index contributed by atoms with van der Waals surface area (Å²) in [5, 5.41) is 7.22. The molecule has 3 rings (SSSR count). The van der Waals surface area contributed by atoms with Gasteiger partial charge in [-0.15, -0.1) is 0 Å². The first-order valence-electron chi connectivity index (χ1n) is 9.86. The molecular formula is C21H29N5O3. The second-order valence-corrected chi connectivity index (χ2v) is 7.35. The van der Waals surface area contributed by atoms with Crippen LogP contribution in [-0.2, 0) is 16.6 Å². The zero-order valence-electron chi connectivity index (χ0n) is 17.5. The fourth-order valence-corrected chi connectivity index (χ4v) is 3.54. The molecule has 156 valence electrons. The van der Waals surface area contributed by atoms with Gasteiger partial charge < -0.3 is 19.9 Å². The number of aromatic nitrogens is 2. The molecule has 0 aliphatic carbocycles. The van der Waals surface area contributed by atoms with Gasteiger partial charge in [-0.05, 0) is 32.5 Å². The molecule has 1 saturated heterocycles. The highest BCUT2D eigenvalue weighted by Gasteiger charge is 2.31. The predicted molar refractivity (Wildman–Crippen MR) is 109 cm³/mol. The van der Waals surface area contributed by atoms with Crippen LogP contribution in [0.2, 0.25) is 0 Å². The number of nitrogens with one attached hydrogen (secondary N) is 1. The van der Waals surface area contributed by atoms with E-state index in [1.165, 1.54) is 0 Å². The third-order valence-electron chi connectivity index (χ3n) is 5.24. The Morgan fingerprint density at radius 1 is 1.10 bits per heavy atom. The lowest BCUT2D eigenvalue weighted by Gasteiger charge is -2.37. The number of carbonyl (C=O) groups is 2. The van der Waals surface area contributed by atoms with Gasteiger partial charge in [0.05, 0.1) is 6.20 Å². The molecule has 2 atom stereocenters. The standard InChI is InChI=1S/C21H29N5O3/c1-15-7-5-6-8-18(15)29-16(2)20(27)25-9-11-26(12-10-25)21(28)19(22-3)17-13-23-24(4)14-17/h5-8,13-14,16,19,22H,9-12H2,1-4H3. The Labute approximate surface area is 171 Å². The molecule has 0 radical (unpaired) electrons. The fraction of sp³-hybridized carbons (Fsp3) is 0.476. The molecule has 0 bridgehead atoms. The molecule has 0 spiro atoms. The fourth-order valence-electron chi connectivity index (χ4n) is 3.54. The number of para-hydroxylation sites is 1. The minimum absolute atomic E-state index is 0.00296. The van der Waals surface area contributed by atoms with Crippen LogP contribution in [0.3, 0.4) is 0 Å². The molecule has 1 N–H and O–H groups in total. The lowest BCUT2D eigenvalue weighted by atomic mass is 10.1. The summed E-state index contributed by atoms with van der Waals surface area (Å²) in [6.45, 7) is 5.72. The van der Waals surface area contributed by atoms with E-state index >= 15 is 0 Å². The highest BCUT2D eigenvalue weighted by atomic mass is 16.5. The number of hydrogen-bond donors (Lipinski definition) is 1. The lowest BCUT2D eigenvalue weighted by Crippen LogP contribution is -2.54. The summed E-state index contributed by atoms with van der Waals surface area (Å²) in [6, 6.07) is 7.22. The third-order valence-corrected chi connectivity index (χ3v) is 5.24. The van der Waals surface area contributed by atoms with Gasteiger partial charge in [-0.1, -0.05) is 18.2 Å². The predicted octanol–water partition coefficient (Wildman–Crippen LogP) is 1.13. The number of amides is 2. The van der Waals surface area contributed by atoms with Crippen molar-refractivity contribution in [1.82, 2.24) is 24.9 Å². The zero-order valence-corrected chi connectivity index (χ0v) is 17.5. The van der Waals surface area contributed by atoms with Crippen LogP contribution in [0.4, 0.5) is 0 Å². The van der Waals surface area contributed by atoms with E-state index in [4.69, 9.17) is 4.74 Å². The number of piperazine rings is 1. The van der Waals surface area contributed by atoms with Crippen LogP contribution < -0.4 is 10.1 Å². The van der Waals surface area contributed by atoms with Crippen molar-refractivity contribution in [1.29, 1.82) is 0 Å². The summed E-state index contributed by atoms with van der Waals surface area (Å²) in [4.78, 5) is 29.3. The van der Waals surface area contributed by atoms with Gasteiger partial charge in [0.2, 0.25) is 5.91 Å². The van der Waals surface area contributed by atoms with Gasteiger partial charge in [-0.3, -0.25) is 14.3 Å². The van der Waals surface area contributed by atoms with Crippen molar-refractivity contribution in [3.8, 4) is 5.75 Å². The van der Waals surface area contributed by atoms with Crippen molar-refractivity contribution < 1.29 is 14.3 Å². The number of rotatable bonds is 6. The number of ether oxygens (including phenoxy) is 1. The summed E-state index contributed by atoms with van der Waals surface area (Å²) >= 11 is 0. The Balaban J connectivity index is 1.56. The number of likely N-dealkylation sites (N-methyl/N-ethyl adjacent to an activating group) is 1. The first-order chi connectivity index (χ1) is 13.9. The van der Waals surface area contributed by atoms with E-state index in [2.05, 4.69) is 10.4 Å². The van der Waals surface area contributed by atoms with E-state index in [1.807, 2.05) is 44.4 Å². The van der Waals surface area contributed by atoms with Crippen LogP contribution in [0.15, 0.2) is 36.7 Å². The molecule has 2 aromatic rings. The highest BCUT2D eigenvalue weighted by molar-refractivity contribution is 5.84. The Bertz CT molecular complexity index is 858. The summed E-state index contributed by atoms with van der Waals surface area (Å²) in [5.74, 6) is 0.657. The Kier molecular flexibility index (Phi) is 6.53. The largest absolute Gasteiger partial charge is 0.481 e. The SMILES string of the molecule is CNC(C(=O)N1CCN(C(=O)C(C)Oc2ccccc2C)CC1)c1cnn(C)c1. The molecule has 8 nitrogen and oxygen atoms in total. The molecule has 2 amide bonds. The highest BCUT2D eigenvalue weighted by Crippen LogP contribution is 2.20. The Hall–Kier alpha value is -2.87. The van der Waals surface area contributed by atoms with Crippen LogP contribution in [0.1, 0.15) is 24.1 Å². The number of benzene rings is 1. The summed E-state index contributed by atoms with van der Waals surface area (Å²) in [6.07, 6.45) is 2.96. The summed E-state index contributed by atoms with van der Waals surface area (Å²) in [7, 11) is 3.59. The van der Waals surface area contributed by atoms with Crippen molar-refractivity contribution in [3.63, 3.8) is 0 Å². The molecule has 1 fully saturated rings. The normalized spacial score (nSPS) is 16.4. The minimum atomic E-state index is -0.571. The van der Waals surface area contributed by atoms with Crippen LogP contribution in [0.5, 0.6) is 5.75 Å². The number of carbonyl (C=O) groups excluding carboxylic acids is 2. The van der Waals surface area contributed by atoms with Gasteiger partial charge >= 0.3 is 0 Å². The molecular weight excluding hydrogens is 370 g/mol. The third kappa shape index (κ3) is 4.76. The van der Waals surface area contributed by atoms with Gasteiger partial charge in [0.1, 0.15) is 11.8 Å². The van der Waals surface area contributed by atoms with Gasteiger partial charge in [-0.25, -0.2) is 0 Å². The average molecular weight is 399 g/mol. The van der Waals surface area contributed by atoms with Gasteiger partial charge in [0.25, 0.3) is 5.91 Å². The van der Waals surface area contributed by atoms with Crippen LogP contribution in [0, 0.1) is 6.92 Å². The maximum absolute atomic E-state index is 12.9. The monoisotopic (exact) mass is 399 g/mol. The molecule has 29 heavy (non-hydrogen) atoms. The molecule has 1 aromatic carbocycles. The van der Waals surface area contributed by atoms with Crippen molar-refractivity contribution >= 4 is 11.8 Å². The van der Waals surface area contributed by atoms with E-state index in [1.54, 1.807) is 34.6 Å². The number of aryl methyl sites for hydroxylation is 2. The lowest BCUT2D eigenvalue weighted by molar-refractivity contribution is -0.144. The topological polar surface area (TPSA) is 79.7 Å². The van der Waals surface area contributed by atoms with Gasteiger partial charge in [-0.2, -0.15) is 5.10 Å².